The van der Waals surface area contributed by atoms with E-state index in [2.05, 4.69) is 10.3 Å². The van der Waals surface area contributed by atoms with Gasteiger partial charge in [-0.3, -0.25) is 4.79 Å². The number of halogens is 2. The van der Waals surface area contributed by atoms with Crippen LogP contribution in [0.15, 0.2) is 114 Å². The summed E-state index contributed by atoms with van der Waals surface area (Å²) in [5.41, 5.74) is 4.56. The van der Waals surface area contributed by atoms with Crippen molar-refractivity contribution in [2.45, 2.75) is 13.2 Å². The molecule has 0 aliphatic carbocycles. The van der Waals surface area contributed by atoms with Crippen LogP contribution in [0, 0.1) is 11.6 Å². The van der Waals surface area contributed by atoms with E-state index in [4.69, 9.17) is 9.47 Å². The zero-order valence-electron chi connectivity index (χ0n) is 22.7. The lowest BCUT2D eigenvalue weighted by Crippen LogP contribution is -2.15. The number of nitrogens with one attached hydrogen (secondary N) is 2. The van der Waals surface area contributed by atoms with Crippen LogP contribution < -0.4 is 20.3 Å². The molecule has 0 spiro atoms. The third-order valence-corrected chi connectivity index (χ3v) is 6.97. The Morgan fingerprint density at radius 1 is 0.833 bits per heavy atom. The Morgan fingerprint density at radius 2 is 1.62 bits per heavy atom. The van der Waals surface area contributed by atoms with Crippen LogP contribution in [0.3, 0.4) is 0 Å². The van der Waals surface area contributed by atoms with Crippen molar-refractivity contribution in [1.82, 2.24) is 9.55 Å². The fourth-order valence-electron chi connectivity index (χ4n) is 4.70. The summed E-state index contributed by atoms with van der Waals surface area (Å²) in [6.45, 7) is 1.04. The Labute approximate surface area is 240 Å². The van der Waals surface area contributed by atoms with Crippen LogP contribution in [-0.2, 0) is 20.2 Å². The van der Waals surface area contributed by atoms with Gasteiger partial charge in [-0.2, -0.15) is 0 Å². The molecule has 210 valence electrons. The minimum atomic E-state index is -0.813. The highest BCUT2D eigenvalue weighted by Gasteiger charge is 2.17. The average Bonchev–Trinajstić information content (AvgIpc) is 3.44. The number of aryl methyl sites for hydroxylation is 1. The standard InChI is InChI=1S/C34H27F2N3O3/c1-39-16-15-27-29(20-38-33(27)34(39)40)28-18-25(10-14-31(28)42-32-13-9-24(35)17-30(32)36)37-19-22-7-11-26(12-8-22)41-21-23-5-3-2-4-6-23/h2-18,20,37-38H,19,21H2,1H3. The highest BCUT2D eigenvalue weighted by Crippen LogP contribution is 2.39. The highest BCUT2D eigenvalue weighted by molar-refractivity contribution is 5.97. The molecule has 2 N–H and O–H groups in total. The first kappa shape index (κ1) is 26.8. The second kappa shape index (κ2) is 11.6. The number of H-pyrrole nitrogens is 1. The zero-order valence-corrected chi connectivity index (χ0v) is 22.7. The van der Waals surface area contributed by atoms with E-state index in [1.54, 1.807) is 25.5 Å². The fourth-order valence-corrected chi connectivity index (χ4v) is 4.70. The largest absolute Gasteiger partial charge is 0.489 e. The minimum Gasteiger partial charge on any atom is -0.489 e. The number of rotatable bonds is 9. The summed E-state index contributed by atoms with van der Waals surface area (Å²) in [4.78, 5) is 15.7. The first-order valence-electron chi connectivity index (χ1n) is 13.4. The summed E-state index contributed by atoms with van der Waals surface area (Å²) in [5, 5.41) is 4.12. The summed E-state index contributed by atoms with van der Waals surface area (Å²) in [5.74, 6) is -0.476. The van der Waals surface area contributed by atoms with Crippen molar-refractivity contribution < 1.29 is 18.3 Å². The molecule has 0 saturated carbocycles. The molecule has 0 unspecified atom stereocenters. The van der Waals surface area contributed by atoms with Crippen molar-refractivity contribution in [3.8, 4) is 28.4 Å². The van der Waals surface area contributed by atoms with Gasteiger partial charge in [0.25, 0.3) is 5.56 Å². The van der Waals surface area contributed by atoms with E-state index >= 15 is 0 Å². The molecule has 0 bridgehead atoms. The zero-order chi connectivity index (χ0) is 29.1. The SMILES string of the molecule is Cn1ccc2c(-c3cc(NCc4ccc(OCc5ccccc5)cc4)ccc3Oc3ccc(F)cc3F)c[nH]c2c1=O. The maximum Gasteiger partial charge on any atom is 0.274 e. The lowest BCUT2D eigenvalue weighted by molar-refractivity contribution is 0.306. The minimum absolute atomic E-state index is 0.108. The quantitative estimate of drug-likeness (QED) is 0.188. The molecule has 6 nitrogen and oxygen atoms in total. The molecule has 2 aromatic heterocycles. The van der Waals surface area contributed by atoms with E-state index in [1.165, 1.54) is 10.6 Å². The first-order valence-corrected chi connectivity index (χ1v) is 13.4. The first-order chi connectivity index (χ1) is 20.4. The van der Waals surface area contributed by atoms with Crippen molar-refractivity contribution in [2.24, 2.45) is 7.05 Å². The summed E-state index contributed by atoms with van der Waals surface area (Å²) in [7, 11) is 1.68. The molecule has 0 radical (unpaired) electrons. The van der Waals surface area contributed by atoms with Gasteiger partial charge in [0.15, 0.2) is 11.6 Å². The maximum atomic E-state index is 14.5. The summed E-state index contributed by atoms with van der Waals surface area (Å²) < 4.78 is 41.3. The molecular formula is C34H27F2N3O3. The van der Waals surface area contributed by atoms with Gasteiger partial charge < -0.3 is 24.3 Å². The molecule has 6 rings (SSSR count). The number of anilines is 1. The summed E-state index contributed by atoms with van der Waals surface area (Å²) >= 11 is 0. The van der Waals surface area contributed by atoms with Gasteiger partial charge in [-0.15, -0.1) is 0 Å². The van der Waals surface area contributed by atoms with Gasteiger partial charge in [0.1, 0.15) is 29.4 Å². The van der Waals surface area contributed by atoms with E-state index in [9.17, 15) is 13.6 Å². The number of nitrogens with zero attached hydrogens (tertiary/aromatic N) is 1. The fraction of sp³-hybridized carbons (Fsp3) is 0.0882. The molecular weight excluding hydrogens is 536 g/mol. The van der Waals surface area contributed by atoms with Crippen molar-refractivity contribution in [2.75, 3.05) is 5.32 Å². The normalized spacial score (nSPS) is 11.0. The predicted molar refractivity (Wildman–Crippen MR) is 160 cm³/mol. The van der Waals surface area contributed by atoms with E-state index < -0.39 is 11.6 Å². The van der Waals surface area contributed by atoms with Crippen LogP contribution in [0.2, 0.25) is 0 Å². The molecule has 0 aliphatic rings. The number of fused-ring (bicyclic) bond motifs is 1. The molecule has 0 atom stereocenters. The van der Waals surface area contributed by atoms with Crippen molar-refractivity contribution in [1.29, 1.82) is 0 Å². The number of ether oxygens (including phenoxy) is 2. The molecule has 42 heavy (non-hydrogen) atoms. The number of aromatic nitrogens is 2. The predicted octanol–water partition coefficient (Wildman–Crippen LogP) is 7.80. The third-order valence-electron chi connectivity index (χ3n) is 6.97. The van der Waals surface area contributed by atoms with Crippen molar-refractivity contribution in [3.63, 3.8) is 0 Å². The molecule has 0 amide bonds. The number of pyridine rings is 1. The monoisotopic (exact) mass is 563 g/mol. The second-order valence-electron chi connectivity index (χ2n) is 9.88. The maximum absolute atomic E-state index is 14.5. The Kier molecular flexibility index (Phi) is 7.43. The Hall–Kier alpha value is -5.37. The molecule has 0 aliphatic heterocycles. The Balaban J connectivity index is 1.25. The highest BCUT2D eigenvalue weighted by atomic mass is 19.1. The van der Waals surface area contributed by atoms with Crippen LogP contribution in [0.5, 0.6) is 17.2 Å². The van der Waals surface area contributed by atoms with Gasteiger partial charge in [-0.05, 0) is 59.7 Å². The number of hydrogen-bond acceptors (Lipinski definition) is 4. The summed E-state index contributed by atoms with van der Waals surface area (Å²) in [6, 6.07) is 28.3. The van der Waals surface area contributed by atoms with Crippen LogP contribution in [-0.4, -0.2) is 9.55 Å². The van der Waals surface area contributed by atoms with Gasteiger partial charge >= 0.3 is 0 Å². The molecule has 6 aromatic rings. The van der Waals surface area contributed by atoms with Gasteiger partial charge in [-0.1, -0.05) is 42.5 Å². The van der Waals surface area contributed by atoms with E-state index in [1.807, 2.05) is 72.8 Å². The third kappa shape index (κ3) is 5.74. The number of aromatic amines is 1. The molecule has 0 fully saturated rings. The lowest BCUT2D eigenvalue weighted by atomic mass is 10.0. The summed E-state index contributed by atoms with van der Waals surface area (Å²) in [6.07, 6.45) is 3.42. The molecule has 0 saturated heterocycles. The Morgan fingerprint density at radius 3 is 2.40 bits per heavy atom. The molecule has 4 aromatic carbocycles. The number of hydrogen-bond donors (Lipinski definition) is 2. The molecule has 2 heterocycles. The van der Waals surface area contributed by atoms with Crippen molar-refractivity contribution >= 4 is 16.6 Å². The van der Waals surface area contributed by atoms with E-state index in [0.29, 0.717) is 40.9 Å². The van der Waals surface area contributed by atoms with Gasteiger partial charge in [0.2, 0.25) is 0 Å². The van der Waals surface area contributed by atoms with E-state index in [-0.39, 0.29) is 11.3 Å². The van der Waals surface area contributed by atoms with E-state index in [0.717, 1.165) is 34.7 Å². The Bertz CT molecular complexity index is 1920. The van der Waals surface area contributed by atoms with Gasteiger partial charge in [0.05, 0.1) is 0 Å². The van der Waals surface area contributed by atoms with Gasteiger partial charge in [-0.25, -0.2) is 8.78 Å². The lowest BCUT2D eigenvalue weighted by Gasteiger charge is -2.15. The smallest absolute Gasteiger partial charge is 0.274 e. The van der Waals surface area contributed by atoms with Crippen LogP contribution in [0.1, 0.15) is 11.1 Å². The number of benzene rings is 4. The molecule has 8 heteroatoms. The van der Waals surface area contributed by atoms with Crippen LogP contribution in [0.4, 0.5) is 14.5 Å². The van der Waals surface area contributed by atoms with Crippen LogP contribution in [0.25, 0.3) is 22.0 Å². The van der Waals surface area contributed by atoms with Crippen molar-refractivity contribution in [3.05, 3.63) is 143 Å². The topological polar surface area (TPSA) is 68.3 Å². The van der Waals surface area contributed by atoms with Gasteiger partial charge in [0, 0.05) is 54.3 Å². The average molecular weight is 564 g/mol. The van der Waals surface area contributed by atoms with Crippen LogP contribution >= 0.6 is 0 Å². The second-order valence-corrected chi connectivity index (χ2v) is 9.88.